The standard InChI is InChI=1S/C15H12N6O2/c22-14(11-5-4-8-16-9-11)18-19-15(23)13-10-21(20-17-13)12-6-2-1-3-7-12/h1-10H,(H,18,22)(H,19,23). The molecule has 1 aromatic carbocycles. The summed E-state index contributed by atoms with van der Waals surface area (Å²) in [7, 11) is 0. The Morgan fingerprint density at radius 3 is 2.48 bits per heavy atom. The van der Waals surface area contributed by atoms with E-state index in [1.807, 2.05) is 30.3 Å². The quantitative estimate of drug-likeness (QED) is 0.695. The molecule has 2 amide bonds. The van der Waals surface area contributed by atoms with Gasteiger partial charge in [0.1, 0.15) is 0 Å². The fourth-order valence-corrected chi connectivity index (χ4v) is 1.82. The van der Waals surface area contributed by atoms with Gasteiger partial charge in [-0.25, -0.2) is 4.68 Å². The molecular formula is C15H12N6O2. The van der Waals surface area contributed by atoms with E-state index in [2.05, 4.69) is 26.1 Å². The molecule has 23 heavy (non-hydrogen) atoms. The van der Waals surface area contributed by atoms with E-state index in [9.17, 15) is 9.59 Å². The van der Waals surface area contributed by atoms with Crippen LogP contribution in [-0.4, -0.2) is 31.8 Å². The molecule has 0 atom stereocenters. The highest BCUT2D eigenvalue weighted by molar-refractivity contribution is 5.97. The molecule has 2 N–H and O–H groups in total. The minimum absolute atomic E-state index is 0.0836. The number of nitrogens with zero attached hydrogens (tertiary/aromatic N) is 4. The van der Waals surface area contributed by atoms with Crippen molar-refractivity contribution in [1.29, 1.82) is 0 Å². The first-order chi connectivity index (χ1) is 11.2. The molecule has 0 fully saturated rings. The largest absolute Gasteiger partial charge is 0.291 e. The molecule has 8 nitrogen and oxygen atoms in total. The predicted octanol–water partition coefficient (Wildman–Crippen LogP) is 0.737. The number of hydrazine groups is 1. The van der Waals surface area contributed by atoms with Crippen molar-refractivity contribution in [3.63, 3.8) is 0 Å². The molecule has 8 heteroatoms. The van der Waals surface area contributed by atoms with Crippen molar-refractivity contribution < 1.29 is 9.59 Å². The number of hydrogen-bond donors (Lipinski definition) is 2. The lowest BCUT2D eigenvalue weighted by Crippen LogP contribution is -2.41. The summed E-state index contributed by atoms with van der Waals surface area (Å²) in [6.45, 7) is 0. The number of benzene rings is 1. The maximum absolute atomic E-state index is 12.0. The molecular weight excluding hydrogens is 296 g/mol. The average molecular weight is 308 g/mol. The highest BCUT2D eigenvalue weighted by Gasteiger charge is 2.13. The Morgan fingerprint density at radius 1 is 0.957 bits per heavy atom. The third-order valence-corrected chi connectivity index (χ3v) is 2.96. The Kier molecular flexibility index (Phi) is 4.05. The highest BCUT2D eigenvalue weighted by Crippen LogP contribution is 2.05. The number of carbonyl (C=O) groups excluding carboxylic acids is 2. The van der Waals surface area contributed by atoms with E-state index in [-0.39, 0.29) is 5.69 Å². The van der Waals surface area contributed by atoms with E-state index in [1.165, 1.54) is 17.1 Å². The van der Waals surface area contributed by atoms with Gasteiger partial charge in [0.15, 0.2) is 5.69 Å². The SMILES string of the molecule is O=C(NNC(=O)c1cn(-c2ccccc2)nn1)c1cccnc1. The number of para-hydroxylation sites is 1. The van der Waals surface area contributed by atoms with E-state index in [1.54, 1.807) is 18.3 Å². The molecule has 0 bridgehead atoms. The minimum atomic E-state index is -0.565. The van der Waals surface area contributed by atoms with Crippen molar-refractivity contribution in [2.75, 3.05) is 0 Å². The Balaban J connectivity index is 1.63. The van der Waals surface area contributed by atoms with Gasteiger partial charge < -0.3 is 0 Å². The van der Waals surface area contributed by atoms with Gasteiger partial charge in [0.25, 0.3) is 11.8 Å². The smallest absolute Gasteiger partial charge is 0.267 e. The van der Waals surface area contributed by atoms with Gasteiger partial charge in [0, 0.05) is 12.4 Å². The average Bonchev–Trinajstić information content (AvgIpc) is 3.11. The summed E-state index contributed by atoms with van der Waals surface area (Å²) in [6.07, 6.45) is 4.42. The topological polar surface area (TPSA) is 102 Å². The Bertz CT molecular complexity index is 816. The first-order valence-corrected chi connectivity index (χ1v) is 6.72. The monoisotopic (exact) mass is 308 g/mol. The maximum Gasteiger partial charge on any atom is 0.291 e. The van der Waals surface area contributed by atoms with Crippen molar-refractivity contribution in [2.45, 2.75) is 0 Å². The van der Waals surface area contributed by atoms with Crippen molar-refractivity contribution in [3.8, 4) is 5.69 Å². The van der Waals surface area contributed by atoms with Gasteiger partial charge in [-0.15, -0.1) is 5.10 Å². The van der Waals surface area contributed by atoms with E-state index >= 15 is 0 Å². The van der Waals surface area contributed by atoms with Crippen LogP contribution >= 0.6 is 0 Å². The minimum Gasteiger partial charge on any atom is -0.267 e. The van der Waals surface area contributed by atoms with E-state index < -0.39 is 11.8 Å². The first kappa shape index (κ1) is 14.4. The molecule has 114 valence electrons. The molecule has 0 aliphatic carbocycles. The lowest BCUT2D eigenvalue weighted by molar-refractivity contribution is 0.0843. The highest BCUT2D eigenvalue weighted by atomic mass is 16.2. The number of pyridine rings is 1. The van der Waals surface area contributed by atoms with Gasteiger partial charge in [-0.2, -0.15) is 0 Å². The molecule has 0 radical (unpaired) electrons. The van der Waals surface area contributed by atoms with Crippen molar-refractivity contribution in [3.05, 3.63) is 72.3 Å². The fourth-order valence-electron chi connectivity index (χ4n) is 1.82. The molecule has 0 aliphatic rings. The normalized spacial score (nSPS) is 10.1. The Labute approximate surface area is 131 Å². The summed E-state index contributed by atoms with van der Waals surface area (Å²) < 4.78 is 1.47. The van der Waals surface area contributed by atoms with Crippen LogP contribution in [0, 0.1) is 0 Å². The van der Waals surface area contributed by atoms with Crippen molar-refractivity contribution in [1.82, 2.24) is 30.8 Å². The summed E-state index contributed by atoms with van der Waals surface area (Å²) >= 11 is 0. The van der Waals surface area contributed by atoms with E-state index in [4.69, 9.17) is 0 Å². The van der Waals surface area contributed by atoms with Crippen LogP contribution in [0.3, 0.4) is 0 Å². The summed E-state index contributed by atoms with van der Waals surface area (Å²) in [5.74, 6) is -1.04. The number of hydrogen-bond acceptors (Lipinski definition) is 5. The number of rotatable bonds is 3. The summed E-state index contributed by atoms with van der Waals surface area (Å²) in [4.78, 5) is 27.6. The third kappa shape index (κ3) is 3.38. The third-order valence-electron chi connectivity index (χ3n) is 2.96. The van der Waals surface area contributed by atoms with E-state index in [0.717, 1.165) is 5.69 Å². The summed E-state index contributed by atoms with van der Waals surface area (Å²) in [5, 5.41) is 7.66. The van der Waals surface area contributed by atoms with Crippen LogP contribution < -0.4 is 10.9 Å². The van der Waals surface area contributed by atoms with Crippen LogP contribution in [0.1, 0.15) is 20.8 Å². The maximum atomic E-state index is 12.0. The second-order valence-corrected chi connectivity index (χ2v) is 4.53. The molecule has 3 aromatic rings. The van der Waals surface area contributed by atoms with Crippen molar-refractivity contribution >= 4 is 11.8 Å². The number of nitrogens with one attached hydrogen (secondary N) is 2. The van der Waals surface area contributed by atoms with Gasteiger partial charge in [0.05, 0.1) is 17.4 Å². The summed E-state index contributed by atoms with van der Waals surface area (Å²) in [6, 6.07) is 12.5. The summed E-state index contributed by atoms with van der Waals surface area (Å²) in [5.41, 5.74) is 5.76. The van der Waals surface area contributed by atoms with Crippen LogP contribution in [0.5, 0.6) is 0 Å². The fraction of sp³-hybridized carbons (Fsp3) is 0. The zero-order valence-corrected chi connectivity index (χ0v) is 11.9. The number of aromatic nitrogens is 4. The van der Waals surface area contributed by atoms with Crippen LogP contribution in [0.15, 0.2) is 61.1 Å². The second kappa shape index (κ2) is 6.48. The molecule has 0 saturated heterocycles. The molecule has 0 unspecified atom stereocenters. The van der Waals surface area contributed by atoms with Gasteiger partial charge in [-0.1, -0.05) is 23.4 Å². The van der Waals surface area contributed by atoms with Gasteiger partial charge in [-0.3, -0.25) is 25.4 Å². The number of amides is 2. The number of carbonyl (C=O) groups is 2. The first-order valence-electron chi connectivity index (χ1n) is 6.72. The predicted molar refractivity (Wildman–Crippen MR) is 80.5 cm³/mol. The molecule has 2 aromatic heterocycles. The van der Waals surface area contributed by atoms with Crippen LogP contribution in [-0.2, 0) is 0 Å². The Morgan fingerprint density at radius 2 is 1.74 bits per heavy atom. The zero-order valence-electron chi connectivity index (χ0n) is 11.9. The van der Waals surface area contributed by atoms with Crippen LogP contribution in [0.25, 0.3) is 5.69 Å². The van der Waals surface area contributed by atoms with Gasteiger partial charge >= 0.3 is 0 Å². The molecule has 0 saturated carbocycles. The molecule has 2 heterocycles. The van der Waals surface area contributed by atoms with Gasteiger partial charge in [0.2, 0.25) is 0 Å². The van der Waals surface area contributed by atoms with Crippen molar-refractivity contribution in [2.24, 2.45) is 0 Å². The lowest BCUT2D eigenvalue weighted by Gasteiger charge is -2.04. The molecule has 0 spiro atoms. The molecule has 0 aliphatic heterocycles. The Hall–Kier alpha value is -3.55. The zero-order chi connectivity index (χ0) is 16.1. The van der Waals surface area contributed by atoms with Crippen LogP contribution in [0.2, 0.25) is 0 Å². The second-order valence-electron chi connectivity index (χ2n) is 4.53. The van der Waals surface area contributed by atoms with Gasteiger partial charge in [-0.05, 0) is 24.3 Å². The molecule has 3 rings (SSSR count). The van der Waals surface area contributed by atoms with Crippen LogP contribution in [0.4, 0.5) is 0 Å². The lowest BCUT2D eigenvalue weighted by atomic mass is 10.3. The van der Waals surface area contributed by atoms with E-state index in [0.29, 0.717) is 5.56 Å².